The third-order valence-corrected chi connectivity index (χ3v) is 5.97. The molecule has 1 unspecified atom stereocenters. The lowest BCUT2D eigenvalue weighted by molar-refractivity contribution is -0.141. The Bertz CT molecular complexity index is 890. The Balaban J connectivity index is 1.75. The van der Waals surface area contributed by atoms with Crippen molar-refractivity contribution in [3.05, 3.63) is 65.5 Å². The Kier molecular flexibility index (Phi) is 4.92. The van der Waals surface area contributed by atoms with Crippen molar-refractivity contribution in [2.75, 3.05) is 4.90 Å². The first kappa shape index (κ1) is 18.7. The van der Waals surface area contributed by atoms with Gasteiger partial charge in [0.2, 0.25) is 5.91 Å². The summed E-state index contributed by atoms with van der Waals surface area (Å²) in [5, 5.41) is 3.12. The van der Waals surface area contributed by atoms with E-state index >= 15 is 0 Å². The molecule has 4 nitrogen and oxygen atoms in total. The summed E-state index contributed by atoms with van der Waals surface area (Å²) in [5.41, 5.74) is 0.585. The lowest BCUT2D eigenvalue weighted by atomic mass is 9.75. The molecule has 1 saturated heterocycles. The lowest BCUT2D eigenvalue weighted by Crippen LogP contribution is -2.69. The number of hydrogen-bond acceptors (Lipinski definition) is 2. The minimum atomic E-state index is -1.34. The zero-order valence-corrected chi connectivity index (χ0v) is 16.1. The van der Waals surface area contributed by atoms with Gasteiger partial charge in [0.25, 0.3) is 5.91 Å². The van der Waals surface area contributed by atoms with E-state index in [1.165, 1.54) is 17.4 Å². The first-order valence-corrected chi connectivity index (χ1v) is 9.98. The highest BCUT2D eigenvalue weighted by atomic mass is 19.1. The minimum Gasteiger partial charge on any atom is -0.351 e. The van der Waals surface area contributed by atoms with E-state index in [1.54, 1.807) is 18.2 Å². The molecule has 28 heavy (non-hydrogen) atoms. The van der Waals surface area contributed by atoms with E-state index < -0.39 is 11.4 Å². The fraction of sp³-hybridized carbons (Fsp3) is 0.391. The Morgan fingerprint density at radius 1 is 1.07 bits per heavy atom. The summed E-state index contributed by atoms with van der Waals surface area (Å²) in [4.78, 5) is 27.6. The van der Waals surface area contributed by atoms with Crippen molar-refractivity contribution in [3.8, 4) is 0 Å². The average Bonchev–Trinajstić information content (AvgIpc) is 2.69. The number of carbonyl (C=O) groups is 2. The molecule has 146 valence electrons. The van der Waals surface area contributed by atoms with Crippen molar-refractivity contribution in [2.24, 2.45) is 0 Å². The van der Waals surface area contributed by atoms with Crippen LogP contribution in [-0.2, 0) is 15.1 Å². The van der Waals surface area contributed by atoms with E-state index in [9.17, 15) is 14.0 Å². The number of hydrogen-bond donors (Lipinski definition) is 1. The van der Waals surface area contributed by atoms with Gasteiger partial charge in [0.05, 0.1) is 6.42 Å². The molecule has 1 atom stereocenters. The van der Waals surface area contributed by atoms with Gasteiger partial charge in [-0.05, 0) is 38.0 Å². The van der Waals surface area contributed by atoms with Crippen LogP contribution in [0.4, 0.5) is 10.1 Å². The predicted molar refractivity (Wildman–Crippen MR) is 106 cm³/mol. The van der Waals surface area contributed by atoms with Crippen LogP contribution < -0.4 is 10.2 Å². The lowest BCUT2D eigenvalue weighted by Gasteiger charge is -2.51. The van der Waals surface area contributed by atoms with E-state index in [-0.39, 0.29) is 29.8 Å². The van der Waals surface area contributed by atoms with Crippen LogP contribution in [0.1, 0.15) is 49.7 Å². The summed E-state index contributed by atoms with van der Waals surface area (Å²) in [6, 6.07) is 13.8. The molecule has 0 aromatic heterocycles. The Hall–Kier alpha value is -2.69. The molecule has 0 spiro atoms. The van der Waals surface area contributed by atoms with Crippen LogP contribution >= 0.6 is 0 Å². The van der Waals surface area contributed by atoms with Gasteiger partial charge < -0.3 is 5.32 Å². The molecular formula is C23H25FN2O2. The second-order valence-corrected chi connectivity index (χ2v) is 7.89. The summed E-state index contributed by atoms with van der Waals surface area (Å²) in [5.74, 6) is -0.929. The van der Waals surface area contributed by atoms with Gasteiger partial charge in [0.1, 0.15) is 5.82 Å². The van der Waals surface area contributed by atoms with Gasteiger partial charge in [0, 0.05) is 17.3 Å². The summed E-state index contributed by atoms with van der Waals surface area (Å²) in [6.45, 7) is 1.96. The van der Waals surface area contributed by atoms with Gasteiger partial charge in [-0.2, -0.15) is 0 Å². The summed E-state index contributed by atoms with van der Waals surface area (Å²) < 4.78 is 14.8. The maximum atomic E-state index is 14.8. The number of β-lactam (4-membered cyclic amide) rings is 1. The van der Waals surface area contributed by atoms with E-state index in [2.05, 4.69) is 5.32 Å². The molecule has 2 fully saturated rings. The summed E-state index contributed by atoms with van der Waals surface area (Å²) in [7, 11) is 0. The fourth-order valence-electron chi connectivity index (χ4n) is 4.42. The van der Waals surface area contributed by atoms with Gasteiger partial charge >= 0.3 is 0 Å². The minimum absolute atomic E-state index is 0.0274. The number of nitrogens with zero attached hydrogens (tertiary/aromatic N) is 1. The SMILES string of the molecule is Cc1ccc(N2C(=O)CC2(C(=O)NC2CCCCC2)c2ccccc2F)cc1. The number of aryl methyl sites for hydroxylation is 1. The molecule has 2 amide bonds. The number of benzene rings is 2. The maximum Gasteiger partial charge on any atom is 0.251 e. The van der Waals surface area contributed by atoms with E-state index in [0.29, 0.717) is 5.69 Å². The molecule has 0 bridgehead atoms. The van der Waals surface area contributed by atoms with E-state index in [1.807, 2.05) is 31.2 Å². The van der Waals surface area contributed by atoms with Crippen molar-refractivity contribution >= 4 is 17.5 Å². The van der Waals surface area contributed by atoms with Gasteiger partial charge in [0.15, 0.2) is 5.54 Å². The van der Waals surface area contributed by atoms with Crippen LogP contribution in [0, 0.1) is 12.7 Å². The highest BCUT2D eigenvalue weighted by Gasteiger charge is 2.59. The topological polar surface area (TPSA) is 49.4 Å². The zero-order valence-electron chi connectivity index (χ0n) is 16.1. The van der Waals surface area contributed by atoms with Gasteiger partial charge in [-0.25, -0.2) is 4.39 Å². The third kappa shape index (κ3) is 3.09. The van der Waals surface area contributed by atoms with Gasteiger partial charge in [-0.1, -0.05) is 55.2 Å². The molecule has 2 aromatic carbocycles. The summed E-state index contributed by atoms with van der Waals surface area (Å²) in [6.07, 6.45) is 5.17. The monoisotopic (exact) mass is 380 g/mol. The largest absolute Gasteiger partial charge is 0.351 e. The molecule has 5 heteroatoms. The molecular weight excluding hydrogens is 355 g/mol. The van der Waals surface area contributed by atoms with Crippen molar-refractivity contribution in [1.82, 2.24) is 5.32 Å². The zero-order chi connectivity index (χ0) is 19.7. The first-order chi connectivity index (χ1) is 13.5. The number of halogens is 1. The second kappa shape index (κ2) is 7.38. The summed E-state index contributed by atoms with van der Waals surface area (Å²) >= 11 is 0. The van der Waals surface area contributed by atoms with Crippen molar-refractivity contribution < 1.29 is 14.0 Å². The Morgan fingerprint density at radius 3 is 2.39 bits per heavy atom. The van der Waals surface area contributed by atoms with Crippen LogP contribution in [0.3, 0.4) is 0 Å². The second-order valence-electron chi connectivity index (χ2n) is 7.89. The molecule has 1 saturated carbocycles. The van der Waals surface area contributed by atoms with Crippen molar-refractivity contribution in [2.45, 2.75) is 57.0 Å². The molecule has 2 aromatic rings. The van der Waals surface area contributed by atoms with Gasteiger partial charge in [-0.15, -0.1) is 0 Å². The molecule has 1 aliphatic heterocycles. The predicted octanol–water partition coefficient (Wildman–Crippen LogP) is 4.22. The molecule has 2 aliphatic rings. The molecule has 4 rings (SSSR count). The number of amides is 2. The highest BCUT2D eigenvalue weighted by Crippen LogP contribution is 2.46. The smallest absolute Gasteiger partial charge is 0.251 e. The normalized spacial score (nSPS) is 22.6. The van der Waals surface area contributed by atoms with Gasteiger partial charge in [-0.3, -0.25) is 14.5 Å². The van der Waals surface area contributed by atoms with Crippen LogP contribution in [0.15, 0.2) is 48.5 Å². The molecule has 1 N–H and O–H groups in total. The van der Waals surface area contributed by atoms with E-state index in [0.717, 1.165) is 31.2 Å². The molecule has 1 aliphatic carbocycles. The fourth-order valence-corrected chi connectivity index (χ4v) is 4.42. The number of carbonyl (C=O) groups excluding carboxylic acids is 2. The quantitative estimate of drug-likeness (QED) is 0.808. The molecule has 0 radical (unpaired) electrons. The highest BCUT2D eigenvalue weighted by molar-refractivity contribution is 6.13. The van der Waals surface area contributed by atoms with E-state index in [4.69, 9.17) is 0 Å². The number of nitrogens with one attached hydrogen (secondary N) is 1. The van der Waals surface area contributed by atoms with Crippen LogP contribution in [0.25, 0.3) is 0 Å². The third-order valence-electron chi connectivity index (χ3n) is 5.97. The maximum absolute atomic E-state index is 14.8. The number of rotatable bonds is 4. The molecule has 1 heterocycles. The van der Waals surface area contributed by atoms with Crippen LogP contribution in [-0.4, -0.2) is 17.9 Å². The average molecular weight is 380 g/mol. The Labute approximate surface area is 164 Å². The Morgan fingerprint density at radius 2 is 1.75 bits per heavy atom. The van der Waals surface area contributed by atoms with Crippen molar-refractivity contribution in [1.29, 1.82) is 0 Å². The van der Waals surface area contributed by atoms with Crippen LogP contribution in [0.2, 0.25) is 0 Å². The van der Waals surface area contributed by atoms with Crippen LogP contribution in [0.5, 0.6) is 0 Å². The standard InChI is InChI=1S/C23H25FN2O2/c1-16-11-13-18(14-12-16)26-21(27)15-23(26,19-9-5-6-10-20(19)24)22(28)25-17-7-3-2-4-8-17/h5-6,9-14,17H,2-4,7-8,15H2,1H3,(H,25,28). The first-order valence-electron chi connectivity index (χ1n) is 9.98. The van der Waals surface area contributed by atoms with Crippen molar-refractivity contribution in [3.63, 3.8) is 0 Å². The number of anilines is 1.